The van der Waals surface area contributed by atoms with Crippen LogP contribution < -0.4 is 5.73 Å². The van der Waals surface area contributed by atoms with Crippen LogP contribution in [0.25, 0.3) is 0 Å². The minimum atomic E-state index is 0.171. The fraction of sp³-hybridized carbons (Fsp3) is 0.727. The van der Waals surface area contributed by atoms with Gasteiger partial charge in [0.05, 0.1) is 11.7 Å². The highest BCUT2D eigenvalue weighted by Crippen LogP contribution is 2.32. The van der Waals surface area contributed by atoms with Crippen LogP contribution in [0.4, 0.5) is 0 Å². The Morgan fingerprint density at radius 2 is 2.29 bits per heavy atom. The van der Waals surface area contributed by atoms with Gasteiger partial charge in [-0.1, -0.05) is 6.92 Å². The summed E-state index contributed by atoms with van der Waals surface area (Å²) < 4.78 is 2.39. The lowest BCUT2D eigenvalue weighted by Gasteiger charge is -2.26. The molecule has 0 amide bonds. The van der Waals surface area contributed by atoms with Gasteiger partial charge in [0.15, 0.2) is 0 Å². The van der Waals surface area contributed by atoms with Gasteiger partial charge in [-0.3, -0.25) is 0 Å². The van der Waals surface area contributed by atoms with E-state index < -0.39 is 0 Å². The Hall–Kier alpha value is -0.830. The van der Waals surface area contributed by atoms with Crippen molar-refractivity contribution in [2.45, 2.75) is 45.2 Å². The third-order valence-electron chi connectivity index (χ3n) is 3.49. The van der Waals surface area contributed by atoms with Gasteiger partial charge in [0.1, 0.15) is 5.82 Å². The molecule has 3 nitrogen and oxygen atoms in total. The molecule has 0 aromatic carbocycles. The SMILES string of the molecule is CC1CC(N)c2nc3c(n2C1)CCC3. The van der Waals surface area contributed by atoms with Crippen molar-refractivity contribution >= 4 is 0 Å². The Morgan fingerprint density at radius 3 is 3.14 bits per heavy atom. The highest BCUT2D eigenvalue weighted by atomic mass is 15.1. The second kappa shape index (κ2) is 2.83. The quantitative estimate of drug-likeness (QED) is 0.674. The van der Waals surface area contributed by atoms with Crippen molar-refractivity contribution < 1.29 is 0 Å². The van der Waals surface area contributed by atoms with Crippen LogP contribution in [0.2, 0.25) is 0 Å². The smallest absolute Gasteiger partial charge is 0.126 e. The third-order valence-corrected chi connectivity index (χ3v) is 3.49. The average molecular weight is 191 g/mol. The van der Waals surface area contributed by atoms with E-state index >= 15 is 0 Å². The number of fused-ring (bicyclic) bond motifs is 3. The monoisotopic (exact) mass is 191 g/mol. The van der Waals surface area contributed by atoms with E-state index in [2.05, 4.69) is 16.5 Å². The molecule has 14 heavy (non-hydrogen) atoms. The Morgan fingerprint density at radius 1 is 1.43 bits per heavy atom. The predicted molar refractivity (Wildman–Crippen MR) is 55.0 cm³/mol. The van der Waals surface area contributed by atoms with E-state index in [4.69, 9.17) is 5.73 Å². The first kappa shape index (κ1) is 8.48. The molecule has 0 radical (unpaired) electrons. The lowest BCUT2D eigenvalue weighted by atomic mass is 9.98. The van der Waals surface area contributed by atoms with Crippen molar-refractivity contribution in [3.05, 3.63) is 17.2 Å². The molecule has 1 aliphatic heterocycles. The van der Waals surface area contributed by atoms with Crippen molar-refractivity contribution in [3.63, 3.8) is 0 Å². The summed E-state index contributed by atoms with van der Waals surface area (Å²) in [5.41, 5.74) is 8.91. The minimum absolute atomic E-state index is 0.171. The molecule has 0 fully saturated rings. The maximum Gasteiger partial charge on any atom is 0.126 e. The summed E-state index contributed by atoms with van der Waals surface area (Å²) in [6, 6.07) is 0.171. The highest BCUT2D eigenvalue weighted by molar-refractivity contribution is 5.24. The summed E-state index contributed by atoms with van der Waals surface area (Å²) in [4.78, 5) is 4.68. The number of aryl methyl sites for hydroxylation is 1. The standard InChI is InChI=1S/C11H17N3/c1-7-5-8(12)11-13-9-3-2-4-10(9)14(11)6-7/h7-8H,2-6,12H2,1H3. The molecule has 0 bridgehead atoms. The highest BCUT2D eigenvalue weighted by Gasteiger charge is 2.29. The van der Waals surface area contributed by atoms with E-state index in [1.165, 1.54) is 24.2 Å². The van der Waals surface area contributed by atoms with E-state index in [0.29, 0.717) is 5.92 Å². The molecule has 0 spiro atoms. The molecule has 2 N–H and O–H groups in total. The van der Waals surface area contributed by atoms with E-state index in [9.17, 15) is 0 Å². The Balaban J connectivity index is 2.10. The minimum Gasteiger partial charge on any atom is -0.330 e. The Bertz CT molecular complexity index is 367. The summed E-state index contributed by atoms with van der Waals surface area (Å²) in [7, 11) is 0. The number of rotatable bonds is 0. The van der Waals surface area contributed by atoms with Gasteiger partial charge in [-0.2, -0.15) is 0 Å². The lowest BCUT2D eigenvalue weighted by molar-refractivity contribution is 0.340. The molecule has 1 aliphatic carbocycles. The number of nitrogens with two attached hydrogens (primary N) is 1. The van der Waals surface area contributed by atoms with Crippen molar-refractivity contribution in [2.24, 2.45) is 11.7 Å². The number of nitrogens with zero attached hydrogens (tertiary/aromatic N) is 2. The maximum atomic E-state index is 6.11. The summed E-state index contributed by atoms with van der Waals surface area (Å²) in [5, 5.41) is 0. The Kier molecular flexibility index (Phi) is 1.71. The number of hydrogen-bond acceptors (Lipinski definition) is 2. The molecule has 76 valence electrons. The second-order valence-electron chi connectivity index (χ2n) is 4.77. The van der Waals surface area contributed by atoms with Gasteiger partial charge in [0, 0.05) is 12.2 Å². The first-order valence-corrected chi connectivity index (χ1v) is 5.59. The van der Waals surface area contributed by atoms with E-state index in [0.717, 1.165) is 25.2 Å². The van der Waals surface area contributed by atoms with Gasteiger partial charge in [-0.05, 0) is 31.6 Å². The zero-order valence-corrected chi connectivity index (χ0v) is 8.66. The van der Waals surface area contributed by atoms with Gasteiger partial charge in [-0.25, -0.2) is 4.98 Å². The predicted octanol–water partition coefficient (Wildman–Crippen LogP) is 1.41. The first-order valence-electron chi connectivity index (χ1n) is 5.59. The molecular weight excluding hydrogens is 174 g/mol. The number of aromatic nitrogens is 2. The van der Waals surface area contributed by atoms with Gasteiger partial charge in [0.25, 0.3) is 0 Å². The summed E-state index contributed by atoms with van der Waals surface area (Å²) in [6.07, 6.45) is 4.75. The zero-order valence-electron chi connectivity index (χ0n) is 8.66. The summed E-state index contributed by atoms with van der Waals surface area (Å²) in [6.45, 7) is 3.41. The molecule has 0 saturated carbocycles. The topological polar surface area (TPSA) is 43.8 Å². The van der Waals surface area contributed by atoms with Gasteiger partial charge in [-0.15, -0.1) is 0 Å². The second-order valence-corrected chi connectivity index (χ2v) is 4.77. The molecular formula is C11H17N3. The lowest BCUT2D eigenvalue weighted by Crippen LogP contribution is -2.28. The van der Waals surface area contributed by atoms with Crippen LogP contribution in [0, 0.1) is 5.92 Å². The van der Waals surface area contributed by atoms with E-state index in [1.54, 1.807) is 0 Å². The van der Waals surface area contributed by atoms with Crippen molar-refractivity contribution in [1.29, 1.82) is 0 Å². The van der Waals surface area contributed by atoms with E-state index in [1.807, 2.05) is 0 Å². The van der Waals surface area contributed by atoms with Crippen molar-refractivity contribution in [1.82, 2.24) is 9.55 Å². The summed E-state index contributed by atoms with van der Waals surface area (Å²) in [5.74, 6) is 1.85. The van der Waals surface area contributed by atoms with Crippen LogP contribution in [0.3, 0.4) is 0 Å². The molecule has 2 atom stereocenters. The van der Waals surface area contributed by atoms with Crippen LogP contribution in [-0.4, -0.2) is 9.55 Å². The summed E-state index contributed by atoms with van der Waals surface area (Å²) >= 11 is 0. The van der Waals surface area contributed by atoms with Gasteiger partial charge >= 0.3 is 0 Å². The largest absolute Gasteiger partial charge is 0.330 e. The molecule has 2 heterocycles. The van der Waals surface area contributed by atoms with Crippen LogP contribution in [-0.2, 0) is 19.4 Å². The first-order chi connectivity index (χ1) is 6.75. The van der Waals surface area contributed by atoms with Gasteiger partial charge < -0.3 is 10.3 Å². The number of hydrogen-bond donors (Lipinski definition) is 1. The molecule has 2 unspecified atom stereocenters. The molecule has 1 aromatic heterocycles. The van der Waals surface area contributed by atoms with Crippen LogP contribution in [0.1, 0.15) is 43.0 Å². The van der Waals surface area contributed by atoms with Crippen LogP contribution in [0.15, 0.2) is 0 Å². The van der Waals surface area contributed by atoms with Crippen molar-refractivity contribution in [3.8, 4) is 0 Å². The molecule has 2 aliphatic rings. The molecule has 3 heteroatoms. The van der Waals surface area contributed by atoms with Gasteiger partial charge in [0.2, 0.25) is 0 Å². The Labute approximate surface area is 84.3 Å². The van der Waals surface area contributed by atoms with Crippen LogP contribution >= 0.6 is 0 Å². The molecule has 1 aromatic rings. The number of imidazole rings is 1. The van der Waals surface area contributed by atoms with Crippen molar-refractivity contribution in [2.75, 3.05) is 0 Å². The van der Waals surface area contributed by atoms with Crippen LogP contribution in [0.5, 0.6) is 0 Å². The van der Waals surface area contributed by atoms with E-state index in [-0.39, 0.29) is 6.04 Å². The fourth-order valence-electron chi connectivity index (χ4n) is 2.87. The average Bonchev–Trinajstić information content (AvgIpc) is 2.65. The zero-order chi connectivity index (χ0) is 9.71. The molecule has 0 saturated heterocycles. The fourth-order valence-corrected chi connectivity index (χ4v) is 2.87. The normalized spacial score (nSPS) is 30.1. The maximum absolute atomic E-state index is 6.11. The third kappa shape index (κ3) is 1.05. The molecule has 3 rings (SSSR count).